The van der Waals surface area contributed by atoms with E-state index in [1.165, 1.54) is 0 Å². The number of alkyl carbamates (subject to hydrolysis) is 1. The van der Waals surface area contributed by atoms with Crippen molar-refractivity contribution in [3.8, 4) is 5.75 Å². The number of nitrogens with two attached hydrogens (primary N) is 1. The number of carbonyl (C=O) groups excluding carboxylic acids is 1. The Labute approximate surface area is 130 Å². The molecule has 1 aliphatic heterocycles. The van der Waals surface area contributed by atoms with Crippen molar-refractivity contribution >= 4 is 18.0 Å². The summed E-state index contributed by atoms with van der Waals surface area (Å²) in [4.78, 5) is 15.7. The number of ether oxygens (including phenoxy) is 2. The molecule has 3 N–H and O–H groups in total. The fourth-order valence-electron chi connectivity index (χ4n) is 2.04. The number of nitrogen functional groups attached to an aromatic ring is 1. The molecular weight excluding hydrogens is 282 g/mol. The Hall–Kier alpha value is -2.24. The third-order valence-corrected chi connectivity index (χ3v) is 3.01. The van der Waals surface area contributed by atoms with Gasteiger partial charge in [0.2, 0.25) is 0 Å². The number of carbonyl (C=O) groups is 1. The normalized spacial score (nSPS) is 12.9. The Balaban J connectivity index is 1.71. The van der Waals surface area contributed by atoms with Crippen LogP contribution in [0.25, 0.3) is 0 Å². The molecule has 0 saturated heterocycles. The Morgan fingerprint density at radius 3 is 2.91 bits per heavy atom. The number of nitrogens with one attached hydrogen (secondary N) is 1. The molecule has 1 aromatic carbocycles. The molecule has 0 aliphatic carbocycles. The number of hydrogen-bond donors (Lipinski definition) is 2. The van der Waals surface area contributed by atoms with Gasteiger partial charge < -0.3 is 20.5 Å². The fourth-order valence-corrected chi connectivity index (χ4v) is 2.04. The van der Waals surface area contributed by atoms with E-state index in [-0.39, 0.29) is 0 Å². The summed E-state index contributed by atoms with van der Waals surface area (Å²) in [6.45, 7) is 7.12. The van der Waals surface area contributed by atoms with E-state index in [2.05, 4.69) is 10.3 Å². The summed E-state index contributed by atoms with van der Waals surface area (Å²) in [5, 5.41) is 2.69. The quantitative estimate of drug-likeness (QED) is 0.646. The molecule has 6 nitrogen and oxygen atoms in total. The fraction of sp³-hybridized carbons (Fsp3) is 0.500. The van der Waals surface area contributed by atoms with Crippen molar-refractivity contribution in [2.75, 3.05) is 18.9 Å². The zero-order valence-corrected chi connectivity index (χ0v) is 13.3. The molecule has 1 aliphatic rings. The standard InChI is InChI=1S/C16H23N3O3/c1-16(2,3)22-15(20)19-5-4-6-21-14-8-12-10-18-9-11(12)7-13(14)17/h7-9H,4-6,10,17H2,1-3H3,(H,19,20). The highest BCUT2D eigenvalue weighted by molar-refractivity contribution is 5.86. The molecule has 6 heteroatoms. The molecule has 0 spiro atoms. The number of fused-ring (bicyclic) bond motifs is 1. The first-order valence-corrected chi connectivity index (χ1v) is 7.37. The maximum Gasteiger partial charge on any atom is 0.407 e. The molecule has 120 valence electrons. The molecule has 1 amide bonds. The van der Waals surface area contributed by atoms with Crippen molar-refractivity contribution in [2.45, 2.75) is 39.3 Å². The van der Waals surface area contributed by atoms with Gasteiger partial charge in [0.15, 0.2) is 0 Å². The average Bonchev–Trinajstić information content (AvgIpc) is 2.83. The average molecular weight is 305 g/mol. The third-order valence-electron chi connectivity index (χ3n) is 3.01. The monoisotopic (exact) mass is 305 g/mol. The van der Waals surface area contributed by atoms with Crippen LogP contribution >= 0.6 is 0 Å². The number of aliphatic imine (C=N–C) groups is 1. The van der Waals surface area contributed by atoms with Gasteiger partial charge in [0.25, 0.3) is 0 Å². The second-order valence-corrected chi connectivity index (χ2v) is 6.19. The van der Waals surface area contributed by atoms with Crippen molar-refractivity contribution in [3.05, 3.63) is 23.3 Å². The number of hydrogen-bond acceptors (Lipinski definition) is 5. The van der Waals surface area contributed by atoms with Gasteiger partial charge in [0.1, 0.15) is 11.4 Å². The van der Waals surface area contributed by atoms with Gasteiger partial charge in [-0.1, -0.05) is 0 Å². The van der Waals surface area contributed by atoms with E-state index < -0.39 is 11.7 Å². The molecule has 0 radical (unpaired) electrons. The summed E-state index contributed by atoms with van der Waals surface area (Å²) >= 11 is 0. The number of rotatable bonds is 5. The zero-order valence-electron chi connectivity index (χ0n) is 13.3. The number of amides is 1. The highest BCUT2D eigenvalue weighted by atomic mass is 16.6. The van der Waals surface area contributed by atoms with E-state index in [0.29, 0.717) is 37.6 Å². The molecule has 1 heterocycles. The van der Waals surface area contributed by atoms with Gasteiger partial charge >= 0.3 is 6.09 Å². The summed E-state index contributed by atoms with van der Waals surface area (Å²) in [7, 11) is 0. The minimum atomic E-state index is -0.485. The lowest BCUT2D eigenvalue weighted by molar-refractivity contribution is 0.0525. The van der Waals surface area contributed by atoms with Gasteiger partial charge in [-0.3, -0.25) is 4.99 Å². The van der Waals surface area contributed by atoms with Crippen LogP contribution in [0, 0.1) is 0 Å². The topological polar surface area (TPSA) is 85.9 Å². The van der Waals surface area contributed by atoms with E-state index in [4.69, 9.17) is 15.2 Å². The second kappa shape index (κ2) is 6.68. The predicted octanol–water partition coefficient (Wildman–Crippen LogP) is 2.49. The van der Waals surface area contributed by atoms with E-state index in [9.17, 15) is 4.79 Å². The molecule has 0 atom stereocenters. The molecule has 22 heavy (non-hydrogen) atoms. The minimum Gasteiger partial charge on any atom is -0.491 e. The first-order valence-electron chi connectivity index (χ1n) is 7.37. The molecule has 0 saturated carbocycles. The maximum absolute atomic E-state index is 11.5. The largest absolute Gasteiger partial charge is 0.491 e. The summed E-state index contributed by atoms with van der Waals surface area (Å²) in [6.07, 6.45) is 2.08. The van der Waals surface area contributed by atoms with Crippen LogP contribution in [0.5, 0.6) is 5.75 Å². The van der Waals surface area contributed by atoms with Crippen LogP contribution in [0.2, 0.25) is 0 Å². The number of benzene rings is 1. The lowest BCUT2D eigenvalue weighted by atomic mass is 10.1. The Kier molecular flexibility index (Phi) is 4.90. The molecule has 0 bridgehead atoms. The predicted molar refractivity (Wildman–Crippen MR) is 86.5 cm³/mol. The van der Waals surface area contributed by atoms with Gasteiger partial charge in [-0.25, -0.2) is 4.79 Å². The van der Waals surface area contributed by atoms with Gasteiger partial charge in [-0.2, -0.15) is 0 Å². The first-order chi connectivity index (χ1) is 10.3. The van der Waals surface area contributed by atoms with E-state index in [0.717, 1.165) is 11.1 Å². The van der Waals surface area contributed by atoms with E-state index >= 15 is 0 Å². The van der Waals surface area contributed by atoms with Crippen LogP contribution in [-0.4, -0.2) is 31.1 Å². The number of anilines is 1. The first kappa shape index (κ1) is 16.1. The van der Waals surface area contributed by atoms with Crippen molar-refractivity contribution < 1.29 is 14.3 Å². The van der Waals surface area contributed by atoms with Crippen LogP contribution in [0.1, 0.15) is 38.3 Å². The maximum atomic E-state index is 11.5. The van der Waals surface area contributed by atoms with Crippen molar-refractivity contribution in [3.63, 3.8) is 0 Å². The molecular formula is C16H23N3O3. The Morgan fingerprint density at radius 1 is 1.41 bits per heavy atom. The van der Waals surface area contributed by atoms with Gasteiger partial charge in [-0.15, -0.1) is 0 Å². The van der Waals surface area contributed by atoms with Crippen LogP contribution in [-0.2, 0) is 11.3 Å². The number of nitrogens with zero attached hydrogens (tertiary/aromatic N) is 1. The van der Waals surface area contributed by atoms with Crippen LogP contribution in [0.3, 0.4) is 0 Å². The highest BCUT2D eigenvalue weighted by Gasteiger charge is 2.15. The summed E-state index contributed by atoms with van der Waals surface area (Å²) in [5.41, 5.74) is 8.24. The van der Waals surface area contributed by atoms with Gasteiger partial charge in [-0.05, 0) is 50.5 Å². The molecule has 2 rings (SSSR count). The summed E-state index contributed by atoms with van der Waals surface area (Å²) in [5.74, 6) is 0.668. The van der Waals surface area contributed by atoms with E-state index in [1.807, 2.05) is 39.1 Å². The summed E-state index contributed by atoms with van der Waals surface area (Å²) < 4.78 is 10.8. The third kappa shape index (κ3) is 4.65. The van der Waals surface area contributed by atoms with Crippen LogP contribution < -0.4 is 15.8 Å². The zero-order chi connectivity index (χ0) is 16.2. The second-order valence-electron chi connectivity index (χ2n) is 6.19. The minimum absolute atomic E-state index is 0.415. The summed E-state index contributed by atoms with van der Waals surface area (Å²) in [6, 6.07) is 3.80. The van der Waals surface area contributed by atoms with Crippen molar-refractivity contribution in [1.29, 1.82) is 0 Å². The van der Waals surface area contributed by atoms with Gasteiger partial charge in [0, 0.05) is 12.8 Å². The Bertz CT molecular complexity index is 577. The SMILES string of the molecule is CC(C)(C)OC(=O)NCCCOc1cc2c(cc1N)C=NC2. The van der Waals surface area contributed by atoms with Crippen LogP contribution in [0.15, 0.2) is 17.1 Å². The molecule has 0 aromatic heterocycles. The lowest BCUT2D eigenvalue weighted by Gasteiger charge is -2.19. The van der Waals surface area contributed by atoms with Crippen molar-refractivity contribution in [1.82, 2.24) is 5.32 Å². The van der Waals surface area contributed by atoms with E-state index in [1.54, 1.807) is 0 Å². The molecule has 0 unspecified atom stereocenters. The van der Waals surface area contributed by atoms with Crippen molar-refractivity contribution in [2.24, 2.45) is 4.99 Å². The van der Waals surface area contributed by atoms with Crippen LogP contribution in [0.4, 0.5) is 10.5 Å². The smallest absolute Gasteiger partial charge is 0.407 e. The highest BCUT2D eigenvalue weighted by Crippen LogP contribution is 2.28. The molecule has 1 aromatic rings. The Morgan fingerprint density at radius 2 is 2.18 bits per heavy atom. The molecule has 0 fully saturated rings. The van der Waals surface area contributed by atoms with Gasteiger partial charge in [0.05, 0.1) is 18.8 Å². The lowest BCUT2D eigenvalue weighted by Crippen LogP contribution is -2.33.